The Morgan fingerprint density at radius 3 is 2.50 bits per heavy atom. The molecule has 3 aromatic rings. The summed E-state index contributed by atoms with van der Waals surface area (Å²) < 4.78 is 7.33. The first-order valence-corrected chi connectivity index (χ1v) is 8.15. The van der Waals surface area contributed by atoms with Gasteiger partial charge in [-0.05, 0) is 24.3 Å². The molecule has 0 radical (unpaired) electrons. The zero-order chi connectivity index (χ0) is 17.1. The number of rotatable bonds is 6. The van der Waals surface area contributed by atoms with Crippen LogP contribution in [0.5, 0.6) is 5.75 Å². The molecule has 0 fully saturated rings. The van der Waals surface area contributed by atoms with Crippen LogP contribution in [0.15, 0.2) is 42.5 Å². The number of benzene rings is 2. The Bertz CT molecular complexity index is 831. The zero-order valence-corrected chi connectivity index (χ0v) is 14.2. The van der Waals surface area contributed by atoms with Crippen LogP contribution < -0.4 is 4.74 Å². The Morgan fingerprint density at radius 2 is 1.79 bits per heavy atom. The van der Waals surface area contributed by atoms with Crippen LogP contribution in [0.3, 0.4) is 0 Å². The van der Waals surface area contributed by atoms with Crippen molar-refractivity contribution in [2.75, 3.05) is 6.61 Å². The van der Waals surface area contributed by atoms with Crippen LogP contribution in [0.25, 0.3) is 11.0 Å². The lowest BCUT2D eigenvalue weighted by Gasteiger charge is -2.16. The second-order valence-electron chi connectivity index (χ2n) is 5.30. The molecule has 0 saturated carbocycles. The molecule has 126 valence electrons. The Labute approximate surface area is 149 Å². The van der Waals surface area contributed by atoms with Crippen molar-refractivity contribution in [2.24, 2.45) is 0 Å². The van der Waals surface area contributed by atoms with E-state index in [1.807, 2.05) is 24.3 Å². The minimum atomic E-state index is -0.819. The van der Waals surface area contributed by atoms with Crippen LogP contribution in [-0.2, 0) is 13.2 Å². The second kappa shape index (κ2) is 7.40. The van der Waals surface area contributed by atoms with Gasteiger partial charge < -0.3 is 19.5 Å². The molecule has 0 aliphatic rings. The summed E-state index contributed by atoms with van der Waals surface area (Å²) in [6, 6.07) is 12.6. The number of fused-ring (bicyclic) bond motifs is 1. The molecule has 24 heavy (non-hydrogen) atoms. The minimum Gasteiger partial charge on any atom is -0.488 e. The van der Waals surface area contributed by atoms with Gasteiger partial charge in [0.05, 0.1) is 27.6 Å². The summed E-state index contributed by atoms with van der Waals surface area (Å²) in [7, 11) is 0. The number of hydrogen-bond acceptors (Lipinski definition) is 4. The quantitative estimate of drug-likeness (QED) is 0.702. The van der Waals surface area contributed by atoms with Crippen molar-refractivity contribution in [1.82, 2.24) is 9.55 Å². The second-order valence-corrected chi connectivity index (χ2v) is 6.12. The summed E-state index contributed by atoms with van der Waals surface area (Å²) in [5.74, 6) is 0.837. The average molecular weight is 367 g/mol. The lowest BCUT2D eigenvalue weighted by atomic mass is 10.3. The smallest absolute Gasteiger partial charge is 0.156 e. The van der Waals surface area contributed by atoms with Crippen molar-refractivity contribution in [3.8, 4) is 5.75 Å². The van der Waals surface area contributed by atoms with E-state index in [2.05, 4.69) is 4.98 Å². The van der Waals surface area contributed by atoms with Crippen LogP contribution >= 0.6 is 23.2 Å². The molecule has 0 bridgehead atoms. The molecule has 1 heterocycles. The van der Waals surface area contributed by atoms with Gasteiger partial charge in [-0.3, -0.25) is 0 Å². The van der Waals surface area contributed by atoms with Crippen LogP contribution in [-0.4, -0.2) is 32.5 Å². The standard InChI is InChI=1S/C17H16Cl2N2O3/c18-12-4-3-5-13(19)17(12)24-10-11(23)8-21-15-7-2-1-6-14(15)20-16(21)9-22/h1-7,11,22-23H,8-10H2. The first-order valence-electron chi connectivity index (χ1n) is 7.40. The highest BCUT2D eigenvalue weighted by atomic mass is 35.5. The SMILES string of the molecule is OCc1nc2ccccc2n1CC(O)COc1c(Cl)cccc1Cl. The number of nitrogens with zero attached hydrogens (tertiary/aromatic N) is 2. The van der Waals surface area contributed by atoms with Crippen molar-refractivity contribution in [3.63, 3.8) is 0 Å². The third-order valence-corrected chi connectivity index (χ3v) is 4.20. The molecule has 1 aromatic heterocycles. The predicted octanol–water partition coefficient (Wildman–Crippen LogP) is 3.28. The fourth-order valence-electron chi connectivity index (χ4n) is 2.51. The topological polar surface area (TPSA) is 67.5 Å². The number of aliphatic hydroxyl groups excluding tert-OH is 2. The number of hydrogen-bond donors (Lipinski definition) is 2. The van der Waals surface area contributed by atoms with E-state index in [0.29, 0.717) is 21.6 Å². The van der Waals surface area contributed by atoms with Crippen LogP contribution in [0.4, 0.5) is 0 Å². The zero-order valence-electron chi connectivity index (χ0n) is 12.7. The van der Waals surface area contributed by atoms with Crippen LogP contribution in [0.1, 0.15) is 5.82 Å². The van der Waals surface area contributed by atoms with Gasteiger partial charge >= 0.3 is 0 Å². The van der Waals surface area contributed by atoms with Gasteiger partial charge in [-0.2, -0.15) is 0 Å². The van der Waals surface area contributed by atoms with E-state index in [0.717, 1.165) is 11.0 Å². The van der Waals surface area contributed by atoms with Gasteiger partial charge in [-0.1, -0.05) is 41.4 Å². The van der Waals surface area contributed by atoms with Crippen LogP contribution in [0, 0.1) is 0 Å². The highest BCUT2D eigenvalue weighted by Crippen LogP contribution is 2.32. The Morgan fingerprint density at radius 1 is 1.08 bits per heavy atom. The molecule has 1 unspecified atom stereocenters. The van der Waals surface area contributed by atoms with Gasteiger partial charge in [0, 0.05) is 0 Å². The molecule has 3 rings (SSSR count). The van der Waals surface area contributed by atoms with E-state index in [1.54, 1.807) is 22.8 Å². The third kappa shape index (κ3) is 3.49. The third-order valence-electron chi connectivity index (χ3n) is 3.61. The lowest BCUT2D eigenvalue weighted by molar-refractivity contribution is 0.0916. The molecule has 0 amide bonds. The largest absolute Gasteiger partial charge is 0.488 e. The van der Waals surface area contributed by atoms with Crippen molar-refractivity contribution in [2.45, 2.75) is 19.3 Å². The van der Waals surface area contributed by atoms with Crippen molar-refractivity contribution in [1.29, 1.82) is 0 Å². The van der Waals surface area contributed by atoms with Gasteiger partial charge in [-0.25, -0.2) is 4.98 Å². The van der Waals surface area contributed by atoms with E-state index in [-0.39, 0.29) is 19.8 Å². The predicted molar refractivity (Wildman–Crippen MR) is 93.6 cm³/mol. The number of imidazole rings is 1. The molecule has 2 aromatic carbocycles. The lowest BCUT2D eigenvalue weighted by Crippen LogP contribution is -2.24. The highest BCUT2D eigenvalue weighted by molar-refractivity contribution is 6.37. The van der Waals surface area contributed by atoms with Crippen molar-refractivity contribution < 1.29 is 14.9 Å². The van der Waals surface area contributed by atoms with Gasteiger partial charge in [0.2, 0.25) is 0 Å². The van der Waals surface area contributed by atoms with E-state index in [1.165, 1.54) is 0 Å². The summed E-state index contributed by atoms with van der Waals surface area (Å²) in [5, 5.41) is 20.6. The Hall–Kier alpha value is -1.79. The average Bonchev–Trinajstić information content (AvgIpc) is 2.92. The molecule has 0 saturated heterocycles. The van der Waals surface area contributed by atoms with Crippen LogP contribution in [0.2, 0.25) is 10.0 Å². The van der Waals surface area contributed by atoms with Gasteiger partial charge in [0.25, 0.3) is 0 Å². The number of halogens is 2. The first kappa shape index (κ1) is 17.0. The Balaban J connectivity index is 1.74. The number of ether oxygens (including phenoxy) is 1. The maximum absolute atomic E-state index is 10.3. The summed E-state index contributed by atoms with van der Waals surface area (Å²) >= 11 is 12.1. The monoisotopic (exact) mass is 366 g/mol. The van der Waals surface area contributed by atoms with Gasteiger partial charge in [-0.15, -0.1) is 0 Å². The molecule has 2 N–H and O–H groups in total. The highest BCUT2D eigenvalue weighted by Gasteiger charge is 2.15. The summed E-state index contributed by atoms with van der Waals surface area (Å²) in [4.78, 5) is 4.35. The molecule has 1 atom stereocenters. The maximum atomic E-state index is 10.3. The Kier molecular flexibility index (Phi) is 5.26. The summed E-state index contributed by atoms with van der Waals surface area (Å²) in [6.45, 7) is 0.0396. The molecule has 0 aliphatic heterocycles. The minimum absolute atomic E-state index is 0.0147. The molecular weight excluding hydrogens is 351 g/mol. The molecule has 7 heteroatoms. The number of aromatic nitrogens is 2. The molecule has 0 aliphatic carbocycles. The summed E-state index contributed by atoms with van der Waals surface area (Å²) in [6.07, 6.45) is -0.819. The first-order chi connectivity index (χ1) is 11.6. The molecular formula is C17H16Cl2N2O3. The fraction of sp³-hybridized carbons (Fsp3) is 0.235. The van der Waals surface area contributed by atoms with Gasteiger partial charge in [0.1, 0.15) is 25.1 Å². The fourth-order valence-corrected chi connectivity index (χ4v) is 3.02. The molecule has 0 spiro atoms. The normalized spacial score (nSPS) is 12.5. The van der Waals surface area contributed by atoms with E-state index < -0.39 is 6.10 Å². The number of para-hydroxylation sites is 3. The summed E-state index contributed by atoms with van der Waals surface area (Å²) in [5.41, 5.74) is 1.61. The van der Waals surface area contributed by atoms with Gasteiger partial charge in [0.15, 0.2) is 5.75 Å². The van der Waals surface area contributed by atoms with E-state index >= 15 is 0 Å². The van der Waals surface area contributed by atoms with Crippen molar-refractivity contribution in [3.05, 3.63) is 58.3 Å². The van der Waals surface area contributed by atoms with Crippen molar-refractivity contribution >= 4 is 34.2 Å². The molecule has 5 nitrogen and oxygen atoms in total. The number of aliphatic hydroxyl groups is 2. The van der Waals surface area contributed by atoms with E-state index in [4.69, 9.17) is 27.9 Å². The van der Waals surface area contributed by atoms with E-state index in [9.17, 15) is 10.2 Å². The maximum Gasteiger partial charge on any atom is 0.156 e.